The Hall–Kier alpha value is -1.39. The number of carbonyl (C=O) groups is 1. The van der Waals surface area contributed by atoms with Crippen molar-refractivity contribution in [2.45, 2.75) is 37.9 Å². The molecule has 3 unspecified atom stereocenters. The van der Waals surface area contributed by atoms with Crippen molar-refractivity contribution in [1.82, 2.24) is 16.2 Å². The Bertz CT molecular complexity index is 420. The minimum Gasteiger partial charge on any atom is -0.351 e. The van der Waals surface area contributed by atoms with E-state index in [1.54, 1.807) is 0 Å². The van der Waals surface area contributed by atoms with Gasteiger partial charge in [0.15, 0.2) is 0 Å². The summed E-state index contributed by atoms with van der Waals surface area (Å²) in [4.78, 5) is 12.1. The van der Waals surface area contributed by atoms with E-state index < -0.39 is 0 Å². The SMILES string of the molecule is O=C(NCc1ccccc1)C1NNC2CCCC21. The third kappa shape index (κ3) is 2.26. The largest absolute Gasteiger partial charge is 0.351 e. The molecule has 18 heavy (non-hydrogen) atoms. The highest BCUT2D eigenvalue weighted by molar-refractivity contribution is 5.82. The molecule has 0 radical (unpaired) electrons. The molecule has 96 valence electrons. The van der Waals surface area contributed by atoms with Crippen LogP contribution in [0.3, 0.4) is 0 Å². The van der Waals surface area contributed by atoms with E-state index in [1.165, 1.54) is 12.8 Å². The van der Waals surface area contributed by atoms with Crippen molar-refractivity contribution in [3.8, 4) is 0 Å². The zero-order valence-corrected chi connectivity index (χ0v) is 10.4. The molecule has 1 aromatic rings. The standard InChI is InChI=1S/C14H19N3O/c18-14(15-9-10-5-2-1-3-6-10)13-11-7-4-8-12(11)16-17-13/h1-3,5-6,11-13,16-17H,4,7-9H2,(H,15,18). The summed E-state index contributed by atoms with van der Waals surface area (Å²) < 4.78 is 0. The molecule has 1 heterocycles. The summed E-state index contributed by atoms with van der Waals surface area (Å²) >= 11 is 0. The first-order chi connectivity index (χ1) is 8.84. The molecule has 3 N–H and O–H groups in total. The Morgan fingerprint density at radius 1 is 1.22 bits per heavy atom. The highest BCUT2D eigenvalue weighted by Gasteiger charge is 2.42. The molecule has 3 rings (SSSR count). The van der Waals surface area contributed by atoms with Crippen molar-refractivity contribution in [2.75, 3.05) is 0 Å². The van der Waals surface area contributed by atoms with Crippen molar-refractivity contribution in [2.24, 2.45) is 5.92 Å². The number of fused-ring (bicyclic) bond motifs is 1. The molecule has 2 aliphatic rings. The van der Waals surface area contributed by atoms with E-state index in [0.29, 0.717) is 18.5 Å². The maximum absolute atomic E-state index is 12.1. The van der Waals surface area contributed by atoms with E-state index in [1.807, 2.05) is 30.3 Å². The second kappa shape index (κ2) is 5.08. The maximum Gasteiger partial charge on any atom is 0.239 e. The molecular weight excluding hydrogens is 226 g/mol. The van der Waals surface area contributed by atoms with Gasteiger partial charge in [0.2, 0.25) is 5.91 Å². The van der Waals surface area contributed by atoms with Crippen molar-refractivity contribution in [3.05, 3.63) is 35.9 Å². The molecule has 0 bridgehead atoms. The van der Waals surface area contributed by atoms with Crippen LogP contribution in [0.25, 0.3) is 0 Å². The molecule has 1 aliphatic carbocycles. The van der Waals surface area contributed by atoms with Gasteiger partial charge in [-0.25, -0.2) is 5.43 Å². The Balaban J connectivity index is 1.56. The number of carbonyl (C=O) groups excluding carboxylic acids is 1. The fraction of sp³-hybridized carbons (Fsp3) is 0.500. The van der Waals surface area contributed by atoms with Gasteiger partial charge in [-0.05, 0) is 18.4 Å². The molecule has 1 saturated carbocycles. The summed E-state index contributed by atoms with van der Waals surface area (Å²) in [5, 5.41) is 3.01. The monoisotopic (exact) mass is 245 g/mol. The number of hydrogen-bond donors (Lipinski definition) is 3. The van der Waals surface area contributed by atoms with Crippen LogP contribution in [0, 0.1) is 5.92 Å². The molecule has 1 amide bonds. The molecule has 3 atom stereocenters. The Morgan fingerprint density at radius 2 is 2.06 bits per heavy atom. The summed E-state index contributed by atoms with van der Waals surface area (Å²) in [6.07, 6.45) is 3.56. The highest BCUT2D eigenvalue weighted by Crippen LogP contribution is 2.31. The third-order valence-corrected chi connectivity index (χ3v) is 4.01. The van der Waals surface area contributed by atoms with Gasteiger partial charge >= 0.3 is 0 Å². The van der Waals surface area contributed by atoms with Crippen LogP contribution in [0.2, 0.25) is 0 Å². The number of amides is 1. The zero-order valence-electron chi connectivity index (χ0n) is 10.4. The lowest BCUT2D eigenvalue weighted by Gasteiger charge is -2.16. The second-order valence-corrected chi connectivity index (χ2v) is 5.17. The fourth-order valence-corrected chi connectivity index (χ4v) is 3.03. The van der Waals surface area contributed by atoms with Crippen LogP contribution in [0.5, 0.6) is 0 Å². The maximum atomic E-state index is 12.1. The van der Waals surface area contributed by atoms with Crippen LogP contribution in [-0.2, 0) is 11.3 Å². The van der Waals surface area contributed by atoms with Crippen LogP contribution < -0.4 is 16.2 Å². The molecule has 1 aliphatic heterocycles. The molecule has 4 nitrogen and oxygen atoms in total. The lowest BCUT2D eigenvalue weighted by atomic mass is 9.96. The highest BCUT2D eigenvalue weighted by atomic mass is 16.2. The van der Waals surface area contributed by atoms with Crippen LogP contribution in [0.4, 0.5) is 0 Å². The van der Waals surface area contributed by atoms with Gasteiger partial charge < -0.3 is 5.32 Å². The molecule has 4 heteroatoms. The van der Waals surface area contributed by atoms with E-state index in [2.05, 4.69) is 16.2 Å². The number of hydrogen-bond acceptors (Lipinski definition) is 3. The topological polar surface area (TPSA) is 53.2 Å². The van der Waals surface area contributed by atoms with Crippen LogP contribution >= 0.6 is 0 Å². The van der Waals surface area contributed by atoms with Gasteiger partial charge in [0.1, 0.15) is 6.04 Å². The van der Waals surface area contributed by atoms with E-state index in [4.69, 9.17) is 0 Å². The molecular formula is C14H19N3O. The first-order valence-electron chi connectivity index (χ1n) is 6.67. The average molecular weight is 245 g/mol. The normalized spacial score (nSPS) is 30.1. The minimum atomic E-state index is -0.0683. The van der Waals surface area contributed by atoms with E-state index >= 15 is 0 Å². The zero-order chi connectivity index (χ0) is 12.4. The van der Waals surface area contributed by atoms with Gasteiger partial charge in [0, 0.05) is 18.5 Å². The summed E-state index contributed by atoms with van der Waals surface area (Å²) in [7, 11) is 0. The Morgan fingerprint density at radius 3 is 2.89 bits per heavy atom. The first kappa shape index (κ1) is 11.7. The number of rotatable bonds is 3. The van der Waals surface area contributed by atoms with E-state index in [9.17, 15) is 4.79 Å². The van der Waals surface area contributed by atoms with Crippen molar-refractivity contribution in [3.63, 3.8) is 0 Å². The Kier molecular flexibility index (Phi) is 3.30. The predicted octanol–water partition coefficient (Wildman–Crippen LogP) is 0.948. The summed E-state index contributed by atoms with van der Waals surface area (Å²) in [6, 6.07) is 10.4. The van der Waals surface area contributed by atoms with Crippen molar-refractivity contribution in [1.29, 1.82) is 0 Å². The van der Waals surface area contributed by atoms with Crippen molar-refractivity contribution < 1.29 is 4.79 Å². The van der Waals surface area contributed by atoms with Gasteiger partial charge in [-0.3, -0.25) is 10.2 Å². The molecule has 2 fully saturated rings. The van der Waals surface area contributed by atoms with Gasteiger partial charge in [-0.1, -0.05) is 36.8 Å². The average Bonchev–Trinajstić information content (AvgIpc) is 2.99. The van der Waals surface area contributed by atoms with Gasteiger partial charge in [0.05, 0.1) is 0 Å². The number of hydrazine groups is 1. The summed E-state index contributed by atoms with van der Waals surface area (Å²) in [5.74, 6) is 0.571. The number of nitrogens with one attached hydrogen (secondary N) is 3. The molecule has 0 aromatic heterocycles. The van der Waals surface area contributed by atoms with E-state index in [0.717, 1.165) is 12.0 Å². The smallest absolute Gasteiger partial charge is 0.239 e. The first-order valence-corrected chi connectivity index (χ1v) is 6.67. The van der Waals surface area contributed by atoms with Crippen molar-refractivity contribution >= 4 is 5.91 Å². The fourth-order valence-electron chi connectivity index (χ4n) is 3.03. The third-order valence-electron chi connectivity index (χ3n) is 4.01. The lowest BCUT2D eigenvalue weighted by molar-refractivity contribution is -0.123. The summed E-state index contributed by atoms with van der Waals surface area (Å²) in [5.41, 5.74) is 7.51. The Labute approximate surface area is 107 Å². The molecule has 0 spiro atoms. The van der Waals surface area contributed by atoms with Gasteiger partial charge in [0.25, 0.3) is 0 Å². The summed E-state index contributed by atoms with van der Waals surface area (Å²) in [6.45, 7) is 0.606. The van der Waals surface area contributed by atoms with Gasteiger partial charge in [-0.2, -0.15) is 0 Å². The van der Waals surface area contributed by atoms with Gasteiger partial charge in [-0.15, -0.1) is 0 Å². The quantitative estimate of drug-likeness (QED) is 0.743. The minimum absolute atomic E-state index is 0.0683. The van der Waals surface area contributed by atoms with Crippen LogP contribution in [0.1, 0.15) is 24.8 Å². The second-order valence-electron chi connectivity index (χ2n) is 5.17. The molecule has 1 aromatic carbocycles. The van der Waals surface area contributed by atoms with E-state index in [-0.39, 0.29) is 11.9 Å². The molecule has 1 saturated heterocycles. The predicted molar refractivity (Wildman–Crippen MR) is 69.5 cm³/mol. The number of benzene rings is 1. The lowest BCUT2D eigenvalue weighted by Crippen LogP contribution is -2.45. The van der Waals surface area contributed by atoms with Crippen LogP contribution in [0.15, 0.2) is 30.3 Å². The van der Waals surface area contributed by atoms with Crippen LogP contribution in [-0.4, -0.2) is 18.0 Å².